The molecule has 0 amide bonds. The van der Waals surface area contributed by atoms with Crippen LogP contribution in [0, 0.1) is 12.8 Å². The fourth-order valence-electron chi connectivity index (χ4n) is 3.91. The molecule has 1 saturated heterocycles. The van der Waals surface area contributed by atoms with Gasteiger partial charge in [0.15, 0.2) is 5.78 Å². The van der Waals surface area contributed by atoms with Gasteiger partial charge in [0.25, 0.3) is 0 Å². The van der Waals surface area contributed by atoms with Gasteiger partial charge in [-0.3, -0.25) is 9.69 Å². The molecule has 0 spiro atoms. The van der Waals surface area contributed by atoms with Crippen LogP contribution < -0.4 is 0 Å². The van der Waals surface area contributed by atoms with Crippen LogP contribution in [-0.4, -0.2) is 29.8 Å². The summed E-state index contributed by atoms with van der Waals surface area (Å²) in [7, 11) is 0. The van der Waals surface area contributed by atoms with Gasteiger partial charge < -0.3 is 0 Å². The first-order chi connectivity index (χ1) is 9.74. The van der Waals surface area contributed by atoms with Crippen molar-refractivity contribution in [1.82, 2.24) is 4.90 Å². The second kappa shape index (κ2) is 6.09. The minimum absolute atomic E-state index is 0.296. The third kappa shape index (κ3) is 2.95. The second-order valence-corrected chi connectivity index (χ2v) is 6.48. The maximum Gasteiger partial charge on any atom is 0.164 e. The van der Waals surface area contributed by atoms with E-state index in [9.17, 15) is 4.79 Å². The predicted molar refractivity (Wildman–Crippen MR) is 82.1 cm³/mol. The number of aryl methyl sites for hydroxylation is 1. The van der Waals surface area contributed by atoms with Crippen LogP contribution in [0.3, 0.4) is 0 Å². The lowest BCUT2D eigenvalue weighted by Gasteiger charge is -2.31. The minimum Gasteiger partial charge on any atom is -0.300 e. The average Bonchev–Trinajstić information content (AvgIpc) is 2.89. The van der Waals surface area contributed by atoms with Gasteiger partial charge in [0, 0.05) is 24.6 Å². The SMILES string of the molecule is Cc1ccc(C(=O)CCN2CCC3CCCCC32)cc1. The van der Waals surface area contributed by atoms with E-state index in [4.69, 9.17) is 0 Å². The van der Waals surface area contributed by atoms with Crippen molar-refractivity contribution < 1.29 is 4.79 Å². The van der Waals surface area contributed by atoms with Crippen LogP contribution in [0.1, 0.15) is 54.4 Å². The summed E-state index contributed by atoms with van der Waals surface area (Å²) in [5.41, 5.74) is 2.08. The standard InChI is InChI=1S/C18H25NO/c1-14-6-8-16(9-7-14)18(20)11-13-19-12-10-15-4-2-3-5-17(15)19/h6-9,15,17H,2-5,10-13H2,1H3. The Hall–Kier alpha value is -1.15. The summed E-state index contributed by atoms with van der Waals surface area (Å²) in [4.78, 5) is 14.8. The average molecular weight is 271 g/mol. The molecule has 2 aliphatic rings. The highest BCUT2D eigenvalue weighted by molar-refractivity contribution is 5.96. The molecule has 2 unspecified atom stereocenters. The van der Waals surface area contributed by atoms with E-state index in [1.807, 2.05) is 24.3 Å². The molecule has 1 aromatic rings. The van der Waals surface area contributed by atoms with Gasteiger partial charge in [0.2, 0.25) is 0 Å². The fourth-order valence-corrected chi connectivity index (χ4v) is 3.91. The molecule has 108 valence electrons. The Kier molecular flexibility index (Phi) is 4.21. The lowest BCUT2D eigenvalue weighted by Crippen LogP contribution is -2.36. The third-order valence-electron chi connectivity index (χ3n) is 5.12. The Morgan fingerprint density at radius 2 is 1.90 bits per heavy atom. The lowest BCUT2D eigenvalue weighted by atomic mass is 9.85. The Morgan fingerprint density at radius 3 is 2.70 bits per heavy atom. The number of likely N-dealkylation sites (tertiary alicyclic amines) is 1. The number of benzene rings is 1. The third-order valence-corrected chi connectivity index (χ3v) is 5.12. The Balaban J connectivity index is 1.54. The van der Waals surface area contributed by atoms with E-state index in [2.05, 4.69) is 11.8 Å². The van der Waals surface area contributed by atoms with E-state index in [1.54, 1.807) is 0 Å². The van der Waals surface area contributed by atoms with Gasteiger partial charge in [-0.25, -0.2) is 0 Å². The number of fused-ring (bicyclic) bond motifs is 1. The first kappa shape index (κ1) is 13.8. The number of Topliss-reactive ketones (excluding diaryl/α,β-unsaturated/α-hetero) is 1. The van der Waals surface area contributed by atoms with E-state index >= 15 is 0 Å². The van der Waals surface area contributed by atoms with E-state index in [-0.39, 0.29) is 0 Å². The van der Waals surface area contributed by atoms with Gasteiger partial charge in [-0.1, -0.05) is 42.7 Å². The summed E-state index contributed by atoms with van der Waals surface area (Å²) in [5.74, 6) is 1.21. The van der Waals surface area contributed by atoms with E-state index < -0.39 is 0 Å². The first-order valence-corrected chi connectivity index (χ1v) is 8.08. The summed E-state index contributed by atoms with van der Waals surface area (Å²) in [6.45, 7) is 4.21. The summed E-state index contributed by atoms with van der Waals surface area (Å²) in [5, 5.41) is 0. The van der Waals surface area contributed by atoms with Crippen molar-refractivity contribution in [3.63, 3.8) is 0 Å². The second-order valence-electron chi connectivity index (χ2n) is 6.48. The van der Waals surface area contributed by atoms with E-state index in [1.165, 1.54) is 44.2 Å². The zero-order valence-corrected chi connectivity index (χ0v) is 12.5. The summed E-state index contributed by atoms with van der Waals surface area (Å²) in [6.07, 6.45) is 7.58. The van der Waals surface area contributed by atoms with Crippen LogP contribution in [0.5, 0.6) is 0 Å². The largest absolute Gasteiger partial charge is 0.300 e. The van der Waals surface area contributed by atoms with E-state index in [0.717, 1.165) is 24.1 Å². The van der Waals surface area contributed by atoms with Crippen LogP contribution in [0.2, 0.25) is 0 Å². The summed E-state index contributed by atoms with van der Waals surface area (Å²) in [6, 6.07) is 8.76. The number of nitrogens with zero attached hydrogens (tertiary/aromatic N) is 1. The van der Waals surface area contributed by atoms with Gasteiger partial charge in [0.1, 0.15) is 0 Å². The predicted octanol–water partition coefficient (Wildman–Crippen LogP) is 3.83. The molecule has 3 rings (SSSR count). The van der Waals surface area contributed by atoms with Crippen molar-refractivity contribution in [2.45, 2.75) is 51.5 Å². The molecular formula is C18H25NO. The van der Waals surface area contributed by atoms with Crippen molar-refractivity contribution in [2.24, 2.45) is 5.92 Å². The van der Waals surface area contributed by atoms with Crippen molar-refractivity contribution in [2.75, 3.05) is 13.1 Å². The van der Waals surface area contributed by atoms with Crippen LogP contribution in [0.4, 0.5) is 0 Å². The Morgan fingerprint density at radius 1 is 1.15 bits per heavy atom. The normalized spacial score (nSPS) is 26.4. The molecule has 1 saturated carbocycles. The molecule has 1 heterocycles. The van der Waals surface area contributed by atoms with Crippen molar-refractivity contribution >= 4 is 5.78 Å². The fraction of sp³-hybridized carbons (Fsp3) is 0.611. The summed E-state index contributed by atoms with van der Waals surface area (Å²) < 4.78 is 0. The molecule has 1 aromatic carbocycles. The maximum atomic E-state index is 12.2. The number of ketones is 1. The van der Waals surface area contributed by atoms with Crippen LogP contribution in [0.25, 0.3) is 0 Å². The number of carbonyl (C=O) groups is 1. The highest BCUT2D eigenvalue weighted by Crippen LogP contribution is 2.36. The molecule has 0 radical (unpaired) electrons. The number of hydrogen-bond acceptors (Lipinski definition) is 2. The van der Waals surface area contributed by atoms with E-state index in [0.29, 0.717) is 12.2 Å². The lowest BCUT2D eigenvalue weighted by molar-refractivity contribution is 0.0951. The Bertz CT molecular complexity index is 465. The first-order valence-electron chi connectivity index (χ1n) is 8.08. The van der Waals surface area contributed by atoms with Crippen LogP contribution in [-0.2, 0) is 0 Å². The quantitative estimate of drug-likeness (QED) is 0.776. The van der Waals surface area contributed by atoms with Crippen LogP contribution >= 0.6 is 0 Å². The number of carbonyl (C=O) groups excluding carboxylic acids is 1. The molecular weight excluding hydrogens is 246 g/mol. The number of rotatable bonds is 4. The van der Waals surface area contributed by atoms with Gasteiger partial charge >= 0.3 is 0 Å². The van der Waals surface area contributed by atoms with Crippen LogP contribution in [0.15, 0.2) is 24.3 Å². The molecule has 0 aromatic heterocycles. The molecule has 2 nitrogen and oxygen atoms in total. The minimum atomic E-state index is 0.296. The zero-order valence-electron chi connectivity index (χ0n) is 12.5. The summed E-state index contributed by atoms with van der Waals surface area (Å²) >= 11 is 0. The van der Waals surface area contributed by atoms with Gasteiger partial charge in [-0.2, -0.15) is 0 Å². The molecule has 0 bridgehead atoms. The molecule has 0 N–H and O–H groups in total. The highest BCUT2D eigenvalue weighted by atomic mass is 16.1. The molecule has 1 aliphatic heterocycles. The van der Waals surface area contributed by atoms with Crippen molar-refractivity contribution in [3.8, 4) is 0 Å². The van der Waals surface area contributed by atoms with Crippen molar-refractivity contribution in [3.05, 3.63) is 35.4 Å². The highest BCUT2D eigenvalue weighted by Gasteiger charge is 2.35. The Labute approximate surface area is 122 Å². The molecule has 1 aliphatic carbocycles. The monoisotopic (exact) mass is 271 g/mol. The molecule has 2 heteroatoms. The topological polar surface area (TPSA) is 20.3 Å². The zero-order chi connectivity index (χ0) is 13.9. The van der Waals surface area contributed by atoms with Gasteiger partial charge in [-0.05, 0) is 38.6 Å². The van der Waals surface area contributed by atoms with Gasteiger partial charge in [0.05, 0.1) is 0 Å². The number of hydrogen-bond donors (Lipinski definition) is 0. The maximum absolute atomic E-state index is 12.2. The molecule has 20 heavy (non-hydrogen) atoms. The van der Waals surface area contributed by atoms with Crippen molar-refractivity contribution in [1.29, 1.82) is 0 Å². The smallest absolute Gasteiger partial charge is 0.164 e. The van der Waals surface area contributed by atoms with Gasteiger partial charge in [-0.15, -0.1) is 0 Å². The molecule has 2 atom stereocenters. The molecule has 2 fully saturated rings.